The summed E-state index contributed by atoms with van der Waals surface area (Å²) in [6.07, 6.45) is 1.61. The Bertz CT molecular complexity index is 1180. The number of aryl methyl sites for hydroxylation is 2. The van der Waals surface area contributed by atoms with E-state index < -0.39 is 8.07 Å². The second-order valence-electron chi connectivity index (χ2n) is 9.54. The third-order valence-corrected chi connectivity index (χ3v) is 7.66. The molecule has 3 rings (SSSR count). The molecule has 0 unspecified atom stereocenters. The SMILES string of the molecule is COc1ccc(C)c(-c2c(C)c(C)cc3c(=O)n(COCC[Si](C)(C)C)cnc23)c1C. The number of benzene rings is 2. The molecule has 0 aliphatic rings. The number of hydrogen-bond donors (Lipinski definition) is 0. The summed E-state index contributed by atoms with van der Waals surface area (Å²) in [5.41, 5.74) is 7.14. The highest BCUT2D eigenvalue weighted by molar-refractivity contribution is 6.76. The minimum atomic E-state index is -1.17. The second kappa shape index (κ2) is 8.97. The lowest BCUT2D eigenvalue weighted by Gasteiger charge is -2.19. The fraction of sp³-hybridized carbons (Fsp3) is 0.440. The largest absolute Gasteiger partial charge is 0.496 e. The highest BCUT2D eigenvalue weighted by atomic mass is 28.3. The van der Waals surface area contributed by atoms with Crippen LogP contribution in [0.5, 0.6) is 5.75 Å². The molecule has 5 nitrogen and oxygen atoms in total. The topological polar surface area (TPSA) is 53.4 Å². The monoisotopic (exact) mass is 438 g/mol. The summed E-state index contributed by atoms with van der Waals surface area (Å²) in [6, 6.07) is 7.06. The Balaban J connectivity index is 2.13. The van der Waals surface area contributed by atoms with Crippen molar-refractivity contribution < 1.29 is 9.47 Å². The molecule has 0 atom stereocenters. The first-order valence-corrected chi connectivity index (χ1v) is 14.5. The third-order valence-electron chi connectivity index (χ3n) is 5.96. The van der Waals surface area contributed by atoms with E-state index in [1.165, 1.54) is 0 Å². The molecule has 6 heteroatoms. The molecule has 0 amide bonds. The molecule has 0 bridgehead atoms. The molecule has 0 aliphatic heterocycles. The molecule has 0 saturated heterocycles. The van der Waals surface area contributed by atoms with Gasteiger partial charge in [-0.05, 0) is 73.7 Å². The smallest absolute Gasteiger partial charge is 0.263 e. The molecule has 0 saturated carbocycles. The maximum absolute atomic E-state index is 13.3. The quantitative estimate of drug-likeness (QED) is 0.355. The number of fused-ring (bicyclic) bond motifs is 1. The lowest BCUT2D eigenvalue weighted by atomic mass is 9.88. The van der Waals surface area contributed by atoms with Crippen molar-refractivity contribution in [3.63, 3.8) is 0 Å². The number of ether oxygens (including phenoxy) is 2. The van der Waals surface area contributed by atoms with Crippen molar-refractivity contribution in [2.24, 2.45) is 0 Å². The van der Waals surface area contributed by atoms with Crippen LogP contribution < -0.4 is 10.3 Å². The Hall–Kier alpha value is -2.44. The van der Waals surface area contributed by atoms with Crippen LogP contribution in [-0.4, -0.2) is 31.3 Å². The lowest BCUT2D eigenvalue weighted by molar-refractivity contribution is 0.0844. The fourth-order valence-corrected chi connectivity index (χ4v) is 4.66. The average molecular weight is 439 g/mol. The fourth-order valence-electron chi connectivity index (χ4n) is 3.91. The summed E-state index contributed by atoms with van der Waals surface area (Å²) in [4.78, 5) is 18.0. The van der Waals surface area contributed by atoms with Crippen LogP contribution in [-0.2, 0) is 11.5 Å². The summed E-state index contributed by atoms with van der Waals surface area (Å²) in [5.74, 6) is 0.832. The molecule has 1 heterocycles. The van der Waals surface area contributed by atoms with Crippen LogP contribution in [0, 0.1) is 27.7 Å². The first kappa shape index (κ1) is 23.2. The highest BCUT2D eigenvalue weighted by Gasteiger charge is 2.19. The maximum Gasteiger partial charge on any atom is 0.263 e. The van der Waals surface area contributed by atoms with Crippen LogP contribution in [0.4, 0.5) is 0 Å². The molecule has 0 fully saturated rings. The van der Waals surface area contributed by atoms with E-state index in [0.29, 0.717) is 12.0 Å². The summed E-state index contributed by atoms with van der Waals surface area (Å²) in [5, 5.41) is 0.621. The molecule has 0 radical (unpaired) electrons. The van der Waals surface area contributed by atoms with E-state index in [1.807, 2.05) is 19.1 Å². The molecule has 0 aliphatic carbocycles. The molecule has 2 aromatic carbocycles. The Morgan fingerprint density at radius 2 is 1.71 bits per heavy atom. The number of rotatable bonds is 7. The molecular weight excluding hydrogens is 404 g/mol. The van der Waals surface area contributed by atoms with Gasteiger partial charge in [0.25, 0.3) is 5.56 Å². The van der Waals surface area contributed by atoms with Gasteiger partial charge in [-0.15, -0.1) is 0 Å². The third kappa shape index (κ3) is 4.75. The Kier molecular flexibility index (Phi) is 6.72. The molecule has 0 N–H and O–H groups in total. The van der Waals surface area contributed by atoms with Gasteiger partial charge in [0, 0.05) is 20.2 Å². The Morgan fingerprint density at radius 1 is 1.00 bits per heavy atom. The van der Waals surface area contributed by atoms with Crippen LogP contribution in [0.3, 0.4) is 0 Å². The maximum atomic E-state index is 13.3. The number of aromatic nitrogens is 2. The zero-order valence-corrected chi connectivity index (χ0v) is 21.0. The van der Waals surface area contributed by atoms with E-state index in [1.54, 1.807) is 18.0 Å². The van der Waals surface area contributed by atoms with Gasteiger partial charge in [0.05, 0.1) is 18.0 Å². The zero-order valence-electron chi connectivity index (χ0n) is 20.0. The highest BCUT2D eigenvalue weighted by Crippen LogP contribution is 2.39. The van der Waals surface area contributed by atoms with Gasteiger partial charge in [-0.1, -0.05) is 25.7 Å². The van der Waals surface area contributed by atoms with Gasteiger partial charge in [-0.25, -0.2) is 4.98 Å². The van der Waals surface area contributed by atoms with Crippen molar-refractivity contribution in [1.82, 2.24) is 9.55 Å². The summed E-state index contributed by atoms with van der Waals surface area (Å²) in [6.45, 7) is 16.1. The van der Waals surface area contributed by atoms with Crippen molar-refractivity contribution in [3.8, 4) is 16.9 Å². The van der Waals surface area contributed by atoms with Crippen molar-refractivity contribution in [2.75, 3.05) is 13.7 Å². The summed E-state index contributed by atoms with van der Waals surface area (Å²) >= 11 is 0. The molecule has 166 valence electrons. The first-order valence-electron chi connectivity index (χ1n) is 10.8. The van der Waals surface area contributed by atoms with Gasteiger partial charge < -0.3 is 9.47 Å². The van der Waals surface area contributed by atoms with E-state index in [9.17, 15) is 4.79 Å². The first-order chi connectivity index (χ1) is 14.5. The molecule has 1 aromatic heterocycles. The van der Waals surface area contributed by atoms with Gasteiger partial charge in [-0.2, -0.15) is 0 Å². The van der Waals surface area contributed by atoms with Crippen LogP contribution in [0.25, 0.3) is 22.0 Å². The minimum absolute atomic E-state index is 0.0689. The van der Waals surface area contributed by atoms with Gasteiger partial charge >= 0.3 is 0 Å². The predicted octanol–water partition coefficient (Wildman–Crippen LogP) is 5.62. The summed E-state index contributed by atoms with van der Waals surface area (Å²) in [7, 11) is 0.514. The molecular formula is C25H34N2O3Si. The van der Waals surface area contributed by atoms with E-state index in [-0.39, 0.29) is 12.3 Å². The van der Waals surface area contributed by atoms with Crippen molar-refractivity contribution in [1.29, 1.82) is 0 Å². The van der Waals surface area contributed by atoms with Crippen LogP contribution in [0.15, 0.2) is 29.3 Å². The van der Waals surface area contributed by atoms with Gasteiger partial charge in [0.1, 0.15) is 18.8 Å². The standard InChI is InChI=1S/C25H34N2O3Si/c1-16-9-10-21(29-5)19(4)22(16)23-18(3)17(2)13-20-24(23)26-14-27(25(20)28)15-30-11-12-31(6,7)8/h9-10,13-14H,11-12,15H2,1-8H3. The Morgan fingerprint density at radius 3 is 2.35 bits per heavy atom. The average Bonchev–Trinajstić information content (AvgIpc) is 2.69. The number of hydrogen-bond acceptors (Lipinski definition) is 4. The van der Waals surface area contributed by atoms with Crippen LogP contribution in [0.2, 0.25) is 25.7 Å². The van der Waals surface area contributed by atoms with Crippen LogP contribution >= 0.6 is 0 Å². The number of nitrogens with zero attached hydrogens (tertiary/aromatic N) is 2. The Labute approximate surface area is 186 Å². The van der Waals surface area contributed by atoms with Gasteiger partial charge in [0.15, 0.2) is 0 Å². The minimum Gasteiger partial charge on any atom is -0.496 e. The van der Waals surface area contributed by atoms with Crippen molar-refractivity contribution in [3.05, 3.63) is 57.1 Å². The van der Waals surface area contributed by atoms with E-state index in [4.69, 9.17) is 14.5 Å². The van der Waals surface area contributed by atoms with Gasteiger partial charge in [0.2, 0.25) is 0 Å². The lowest BCUT2D eigenvalue weighted by Crippen LogP contribution is -2.25. The predicted molar refractivity (Wildman–Crippen MR) is 131 cm³/mol. The normalized spacial score (nSPS) is 11.9. The van der Waals surface area contributed by atoms with E-state index >= 15 is 0 Å². The van der Waals surface area contributed by atoms with Gasteiger partial charge in [-0.3, -0.25) is 9.36 Å². The van der Waals surface area contributed by atoms with Crippen LogP contribution in [0.1, 0.15) is 22.3 Å². The van der Waals surface area contributed by atoms with E-state index in [2.05, 4.69) is 46.5 Å². The molecule has 3 aromatic rings. The van der Waals surface area contributed by atoms with Crippen molar-refractivity contribution in [2.45, 2.75) is 60.1 Å². The second-order valence-corrected chi connectivity index (χ2v) is 15.2. The zero-order chi connectivity index (χ0) is 22.9. The summed E-state index contributed by atoms with van der Waals surface area (Å²) < 4.78 is 12.9. The van der Waals surface area contributed by atoms with E-state index in [0.717, 1.165) is 50.7 Å². The molecule has 0 spiro atoms. The molecule has 31 heavy (non-hydrogen) atoms. The van der Waals surface area contributed by atoms with Crippen molar-refractivity contribution >= 4 is 19.0 Å². The number of methoxy groups -OCH3 is 1.